The predicted molar refractivity (Wildman–Crippen MR) is 81.8 cm³/mol. The van der Waals surface area contributed by atoms with Crippen molar-refractivity contribution in [2.45, 2.75) is 24.9 Å². The van der Waals surface area contributed by atoms with E-state index >= 15 is 0 Å². The molecule has 3 heterocycles. The zero-order valence-corrected chi connectivity index (χ0v) is 13.3. The van der Waals surface area contributed by atoms with Crippen molar-refractivity contribution in [1.82, 2.24) is 19.5 Å². The van der Waals surface area contributed by atoms with Crippen LogP contribution in [-0.4, -0.2) is 53.2 Å². The molecule has 0 aromatic carbocycles. The molecule has 126 valence electrons. The van der Waals surface area contributed by atoms with Gasteiger partial charge in [-0.3, -0.25) is 14.3 Å². The number of anilines is 1. The number of H-pyrrole nitrogens is 1. The van der Waals surface area contributed by atoms with Crippen LogP contribution in [0.25, 0.3) is 11.2 Å². The summed E-state index contributed by atoms with van der Waals surface area (Å²) in [7, 11) is 0. The summed E-state index contributed by atoms with van der Waals surface area (Å²) in [6.45, 7) is -4.10. The molecule has 3 atom stereocenters. The van der Waals surface area contributed by atoms with E-state index < -0.39 is 30.7 Å². The average Bonchev–Trinajstić information content (AvgIpc) is 2.99. The monoisotopic (exact) mass is 363 g/mol. The largest absolute Gasteiger partial charge is 0.390 e. The molecule has 0 amide bonds. The highest BCUT2D eigenvalue weighted by Crippen LogP contribution is 2.38. The van der Waals surface area contributed by atoms with E-state index in [1.54, 1.807) is 0 Å². The molecule has 6 N–H and O–H groups in total. The van der Waals surface area contributed by atoms with Gasteiger partial charge in [-0.1, -0.05) is 0 Å². The molecule has 0 radical (unpaired) electrons. The Balaban J connectivity index is 1.84. The van der Waals surface area contributed by atoms with Crippen molar-refractivity contribution >= 4 is 35.6 Å². The standard InChI is InChI=1S/C10H14N5O6PS/c11-10-13-8-7(9(17)14-10)12-3-15(8)6-1-4(16)5(21-6)2-20-22(18,19)23/h3-6,16H,1-2H2,(H2,18,19,23)(H3,11,13,14,17)/t4-,5-,6-/m1/s1. The van der Waals surface area contributed by atoms with Crippen LogP contribution in [0.4, 0.5) is 5.95 Å². The number of nitrogens with zero attached hydrogens (tertiary/aromatic N) is 3. The summed E-state index contributed by atoms with van der Waals surface area (Å²) in [6, 6.07) is 0. The molecule has 13 heteroatoms. The average molecular weight is 363 g/mol. The third kappa shape index (κ3) is 3.43. The molecule has 2 aromatic heterocycles. The van der Waals surface area contributed by atoms with Gasteiger partial charge in [0.15, 0.2) is 11.2 Å². The molecular weight excluding hydrogens is 349 g/mol. The van der Waals surface area contributed by atoms with E-state index in [4.69, 9.17) is 24.8 Å². The fraction of sp³-hybridized carbons (Fsp3) is 0.500. The number of aromatic nitrogens is 4. The first-order valence-electron chi connectivity index (χ1n) is 6.50. The lowest BCUT2D eigenvalue weighted by molar-refractivity contribution is -0.0399. The maximum absolute atomic E-state index is 11.7. The van der Waals surface area contributed by atoms with Crippen LogP contribution < -0.4 is 11.3 Å². The lowest BCUT2D eigenvalue weighted by atomic mass is 10.2. The second kappa shape index (κ2) is 5.91. The van der Waals surface area contributed by atoms with Gasteiger partial charge in [0.1, 0.15) is 12.3 Å². The van der Waals surface area contributed by atoms with E-state index in [-0.39, 0.29) is 30.1 Å². The van der Waals surface area contributed by atoms with Gasteiger partial charge in [-0.05, 0) is 11.8 Å². The normalized spacial score (nSPS) is 25.3. The first-order chi connectivity index (χ1) is 10.7. The lowest BCUT2D eigenvalue weighted by Crippen LogP contribution is -2.25. The number of nitrogens with two attached hydrogens (primary N) is 1. The van der Waals surface area contributed by atoms with Gasteiger partial charge in [-0.25, -0.2) is 4.98 Å². The summed E-state index contributed by atoms with van der Waals surface area (Å²) < 4.78 is 11.8. The van der Waals surface area contributed by atoms with Crippen LogP contribution in [0, 0.1) is 0 Å². The summed E-state index contributed by atoms with van der Waals surface area (Å²) in [4.78, 5) is 40.2. The van der Waals surface area contributed by atoms with E-state index in [0.717, 1.165) is 0 Å². The number of nitrogens with one attached hydrogen (secondary N) is 1. The zero-order chi connectivity index (χ0) is 16.8. The Labute approximate surface area is 134 Å². The smallest absolute Gasteiger partial charge is 0.321 e. The summed E-state index contributed by atoms with van der Waals surface area (Å²) in [5.74, 6) is -0.0658. The molecule has 1 fully saturated rings. The summed E-state index contributed by atoms with van der Waals surface area (Å²) in [5.41, 5.74) is 5.36. The van der Waals surface area contributed by atoms with Gasteiger partial charge in [0, 0.05) is 6.42 Å². The first kappa shape index (κ1) is 16.5. The highest BCUT2D eigenvalue weighted by atomic mass is 32.5. The summed E-state index contributed by atoms with van der Waals surface area (Å²) in [5, 5.41) is 10.00. The predicted octanol–water partition coefficient (Wildman–Crippen LogP) is -1.42. The van der Waals surface area contributed by atoms with Gasteiger partial charge in [0.2, 0.25) is 5.95 Å². The summed E-state index contributed by atoms with van der Waals surface area (Å²) >= 11 is 4.34. The topological polar surface area (TPSA) is 169 Å². The molecule has 0 aliphatic carbocycles. The van der Waals surface area contributed by atoms with Crippen molar-refractivity contribution in [3.8, 4) is 0 Å². The number of aromatic amines is 1. The van der Waals surface area contributed by atoms with Crippen LogP contribution in [0.2, 0.25) is 0 Å². The lowest BCUT2D eigenvalue weighted by Gasteiger charge is -2.17. The number of fused-ring (bicyclic) bond motifs is 1. The van der Waals surface area contributed by atoms with E-state index in [1.807, 2.05) is 0 Å². The van der Waals surface area contributed by atoms with Gasteiger partial charge in [0.25, 0.3) is 5.56 Å². The Hall–Kier alpha value is -1.40. The number of aliphatic hydroxyl groups is 1. The van der Waals surface area contributed by atoms with E-state index in [0.29, 0.717) is 0 Å². The fourth-order valence-electron chi connectivity index (χ4n) is 2.36. The van der Waals surface area contributed by atoms with Crippen LogP contribution in [0.1, 0.15) is 12.6 Å². The number of nitrogen functional groups attached to an aromatic ring is 1. The highest BCUT2D eigenvalue weighted by molar-refractivity contribution is 8.06. The molecule has 3 rings (SSSR count). The molecule has 0 unspecified atom stereocenters. The third-order valence-electron chi connectivity index (χ3n) is 3.37. The van der Waals surface area contributed by atoms with Gasteiger partial charge >= 0.3 is 6.72 Å². The van der Waals surface area contributed by atoms with Crippen molar-refractivity contribution in [2.24, 2.45) is 0 Å². The molecule has 2 aromatic rings. The number of hydrogen-bond donors (Lipinski definition) is 5. The number of aliphatic hydroxyl groups excluding tert-OH is 1. The molecular formula is C10H14N5O6PS. The Kier molecular flexibility index (Phi) is 4.23. The molecule has 1 saturated heterocycles. The van der Waals surface area contributed by atoms with Crippen LogP contribution in [0.15, 0.2) is 11.1 Å². The Morgan fingerprint density at radius 2 is 2.35 bits per heavy atom. The molecule has 11 nitrogen and oxygen atoms in total. The molecule has 0 bridgehead atoms. The molecule has 23 heavy (non-hydrogen) atoms. The van der Waals surface area contributed by atoms with Crippen LogP contribution in [0.3, 0.4) is 0 Å². The van der Waals surface area contributed by atoms with Crippen molar-refractivity contribution in [3.63, 3.8) is 0 Å². The highest BCUT2D eigenvalue weighted by Gasteiger charge is 2.36. The first-order valence-corrected chi connectivity index (χ1v) is 9.13. The number of ether oxygens (including phenoxy) is 1. The van der Waals surface area contributed by atoms with Crippen LogP contribution >= 0.6 is 6.72 Å². The van der Waals surface area contributed by atoms with E-state index in [1.165, 1.54) is 10.9 Å². The summed E-state index contributed by atoms with van der Waals surface area (Å²) in [6.07, 6.45) is -0.854. The van der Waals surface area contributed by atoms with Crippen LogP contribution in [0.5, 0.6) is 0 Å². The minimum atomic E-state index is -3.83. The molecule has 0 spiro atoms. The van der Waals surface area contributed by atoms with Crippen LogP contribution in [-0.2, 0) is 21.1 Å². The second-order valence-electron chi connectivity index (χ2n) is 4.99. The minimum Gasteiger partial charge on any atom is -0.390 e. The molecule has 1 aliphatic heterocycles. The fourth-order valence-corrected chi connectivity index (χ4v) is 2.88. The van der Waals surface area contributed by atoms with E-state index in [2.05, 4.69) is 26.8 Å². The van der Waals surface area contributed by atoms with Gasteiger partial charge in [-0.2, -0.15) is 4.98 Å². The van der Waals surface area contributed by atoms with Crippen molar-refractivity contribution < 1.29 is 24.2 Å². The number of hydrogen-bond acceptors (Lipinski definition) is 8. The SMILES string of the molecule is Nc1nc2c(ncn2[C@H]2C[C@@H](O)[C@@H](COP(O)(O)=S)O2)c(=O)[nH]1. The van der Waals surface area contributed by atoms with Gasteiger partial charge in [0.05, 0.1) is 19.0 Å². The maximum atomic E-state index is 11.7. The van der Waals surface area contributed by atoms with E-state index in [9.17, 15) is 9.90 Å². The Morgan fingerprint density at radius 3 is 3.04 bits per heavy atom. The maximum Gasteiger partial charge on any atom is 0.321 e. The zero-order valence-electron chi connectivity index (χ0n) is 11.6. The number of imidazole rings is 1. The molecule has 1 aliphatic rings. The molecule has 0 saturated carbocycles. The van der Waals surface area contributed by atoms with Gasteiger partial charge < -0.3 is 29.9 Å². The van der Waals surface area contributed by atoms with Crippen molar-refractivity contribution in [3.05, 3.63) is 16.7 Å². The quantitative estimate of drug-likeness (QED) is 0.406. The third-order valence-corrected chi connectivity index (χ3v) is 4.17. The Bertz CT molecular complexity index is 833. The van der Waals surface area contributed by atoms with Crippen molar-refractivity contribution in [1.29, 1.82) is 0 Å². The van der Waals surface area contributed by atoms with Crippen molar-refractivity contribution in [2.75, 3.05) is 12.3 Å². The number of rotatable bonds is 4. The Morgan fingerprint density at radius 1 is 1.61 bits per heavy atom. The second-order valence-corrected chi connectivity index (χ2v) is 7.66. The van der Waals surface area contributed by atoms with Gasteiger partial charge in [-0.15, -0.1) is 0 Å². The minimum absolute atomic E-state index is 0.0658.